The molecule has 142 valence electrons. The molecule has 5 nitrogen and oxygen atoms in total. The van der Waals surface area contributed by atoms with Gasteiger partial charge in [-0.25, -0.2) is 0 Å². The zero-order valence-electron chi connectivity index (χ0n) is 15.6. The highest BCUT2D eigenvalue weighted by Crippen LogP contribution is 2.32. The van der Waals surface area contributed by atoms with Gasteiger partial charge in [0, 0.05) is 29.9 Å². The van der Waals surface area contributed by atoms with E-state index < -0.39 is 0 Å². The largest absolute Gasteiger partial charge is 0.497 e. The lowest BCUT2D eigenvalue weighted by Gasteiger charge is -2.17. The SMILES string of the molecule is COc1ccc2c(=O)c(OC)c(-c3ccc(OCCCCl)cc3)n(C)c2c1. The first kappa shape index (κ1) is 19.1. The molecule has 0 unspecified atom stereocenters. The molecule has 2 aromatic carbocycles. The maximum absolute atomic E-state index is 12.9. The van der Waals surface area contributed by atoms with Crippen LogP contribution in [0, 0.1) is 0 Å². The van der Waals surface area contributed by atoms with E-state index in [0.29, 0.717) is 35.1 Å². The van der Waals surface area contributed by atoms with Gasteiger partial charge < -0.3 is 18.8 Å². The topological polar surface area (TPSA) is 49.7 Å². The Morgan fingerprint density at radius 3 is 2.33 bits per heavy atom. The molecule has 0 amide bonds. The van der Waals surface area contributed by atoms with Crippen molar-refractivity contribution in [3.8, 4) is 28.5 Å². The summed E-state index contributed by atoms with van der Waals surface area (Å²) in [5.74, 6) is 2.33. The van der Waals surface area contributed by atoms with Crippen LogP contribution in [0.15, 0.2) is 47.3 Å². The van der Waals surface area contributed by atoms with Crippen LogP contribution in [0.2, 0.25) is 0 Å². The molecule has 1 aromatic heterocycles. The number of methoxy groups -OCH3 is 2. The van der Waals surface area contributed by atoms with E-state index >= 15 is 0 Å². The van der Waals surface area contributed by atoms with Crippen molar-refractivity contribution < 1.29 is 14.2 Å². The summed E-state index contributed by atoms with van der Waals surface area (Å²) in [6.07, 6.45) is 0.790. The van der Waals surface area contributed by atoms with Gasteiger partial charge in [-0.15, -0.1) is 11.6 Å². The van der Waals surface area contributed by atoms with Crippen LogP contribution < -0.4 is 19.6 Å². The van der Waals surface area contributed by atoms with Gasteiger partial charge in [0.2, 0.25) is 5.43 Å². The maximum atomic E-state index is 12.9. The summed E-state index contributed by atoms with van der Waals surface area (Å²) in [5, 5.41) is 0.583. The molecule has 0 atom stereocenters. The van der Waals surface area contributed by atoms with Crippen molar-refractivity contribution >= 4 is 22.5 Å². The van der Waals surface area contributed by atoms with E-state index in [-0.39, 0.29) is 5.43 Å². The second kappa shape index (κ2) is 8.35. The lowest BCUT2D eigenvalue weighted by molar-refractivity contribution is 0.318. The van der Waals surface area contributed by atoms with Gasteiger partial charge >= 0.3 is 0 Å². The van der Waals surface area contributed by atoms with Crippen molar-refractivity contribution in [3.05, 3.63) is 52.7 Å². The zero-order valence-corrected chi connectivity index (χ0v) is 16.4. The highest BCUT2D eigenvalue weighted by Gasteiger charge is 2.18. The highest BCUT2D eigenvalue weighted by molar-refractivity contribution is 6.17. The average Bonchev–Trinajstić information content (AvgIpc) is 2.71. The van der Waals surface area contributed by atoms with Crippen molar-refractivity contribution in [3.63, 3.8) is 0 Å². The van der Waals surface area contributed by atoms with Gasteiger partial charge in [0.15, 0.2) is 5.75 Å². The summed E-state index contributed by atoms with van der Waals surface area (Å²) in [5.41, 5.74) is 2.19. The van der Waals surface area contributed by atoms with Crippen LogP contribution in [0.5, 0.6) is 17.2 Å². The molecule has 0 saturated heterocycles. The average molecular weight is 388 g/mol. The zero-order chi connectivity index (χ0) is 19.4. The standard InChI is InChI=1S/C21H22ClNO4/c1-23-18-13-16(25-2)9-10-17(18)20(24)21(26-3)19(23)14-5-7-15(8-6-14)27-12-4-11-22/h5-10,13H,4,11-12H2,1-3H3. The van der Waals surface area contributed by atoms with Gasteiger partial charge in [0.1, 0.15) is 11.5 Å². The minimum atomic E-state index is -0.148. The van der Waals surface area contributed by atoms with E-state index in [1.165, 1.54) is 7.11 Å². The lowest BCUT2D eigenvalue weighted by Crippen LogP contribution is -2.14. The number of nitrogens with zero attached hydrogens (tertiary/aromatic N) is 1. The molecule has 3 rings (SSSR count). The summed E-state index contributed by atoms with van der Waals surface area (Å²) >= 11 is 5.67. The normalized spacial score (nSPS) is 10.8. The first-order valence-corrected chi connectivity index (χ1v) is 9.18. The summed E-state index contributed by atoms with van der Waals surface area (Å²) in [6, 6.07) is 13.0. The number of fused-ring (bicyclic) bond motifs is 1. The molecular weight excluding hydrogens is 366 g/mol. The number of alkyl halides is 1. The monoisotopic (exact) mass is 387 g/mol. The van der Waals surface area contributed by atoms with Crippen molar-refractivity contribution in [2.45, 2.75) is 6.42 Å². The Bertz CT molecular complexity index is 996. The number of aryl methyl sites for hydroxylation is 1. The molecule has 0 aliphatic heterocycles. The molecule has 0 aliphatic carbocycles. The molecule has 0 spiro atoms. The third-order valence-corrected chi connectivity index (χ3v) is 4.71. The first-order valence-electron chi connectivity index (χ1n) is 8.64. The number of halogens is 1. The van der Waals surface area contributed by atoms with E-state index in [9.17, 15) is 4.79 Å². The minimum Gasteiger partial charge on any atom is -0.497 e. The molecule has 0 fully saturated rings. The van der Waals surface area contributed by atoms with Crippen LogP contribution in [0.25, 0.3) is 22.2 Å². The van der Waals surface area contributed by atoms with Gasteiger partial charge in [0.25, 0.3) is 0 Å². The fourth-order valence-corrected chi connectivity index (χ4v) is 3.19. The Hall–Kier alpha value is -2.66. The molecule has 0 N–H and O–H groups in total. The van der Waals surface area contributed by atoms with Gasteiger partial charge in [-0.3, -0.25) is 4.79 Å². The van der Waals surface area contributed by atoms with Crippen molar-refractivity contribution in [1.29, 1.82) is 0 Å². The van der Waals surface area contributed by atoms with Crippen molar-refractivity contribution in [2.75, 3.05) is 26.7 Å². The number of hydrogen-bond donors (Lipinski definition) is 0. The molecule has 1 heterocycles. The van der Waals surface area contributed by atoms with E-state index in [0.717, 1.165) is 23.3 Å². The minimum absolute atomic E-state index is 0.148. The summed E-state index contributed by atoms with van der Waals surface area (Å²) in [7, 11) is 5.02. The van der Waals surface area contributed by atoms with E-state index in [1.54, 1.807) is 19.2 Å². The molecule has 27 heavy (non-hydrogen) atoms. The summed E-state index contributed by atoms with van der Waals surface area (Å²) in [6.45, 7) is 0.570. The predicted molar refractivity (Wildman–Crippen MR) is 109 cm³/mol. The molecule has 0 aliphatic rings. The number of hydrogen-bond acceptors (Lipinski definition) is 4. The molecule has 6 heteroatoms. The lowest BCUT2D eigenvalue weighted by atomic mass is 10.1. The van der Waals surface area contributed by atoms with Crippen molar-refractivity contribution in [2.24, 2.45) is 7.05 Å². The van der Waals surface area contributed by atoms with Crippen LogP contribution in [0.3, 0.4) is 0 Å². The Kier molecular flexibility index (Phi) is 5.91. The highest BCUT2D eigenvalue weighted by atomic mass is 35.5. The fourth-order valence-electron chi connectivity index (χ4n) is 3.08. The van der Waals surface area contributed by atoms with Crippen molar-refractivity contribution in [1.82, 2.24) is 4.57 Å². The number of rotatable bonds is 7. The van der Waals surface area contributed by atoms with Crippen LogP contribution in [0.4, 0.5) is 0 Å². The molecule has 0 radical (unpaired) electrons. The third kappa shape index (κ3) is 3.74. The Balaban J connectivity index is 2.12. The van der Waals surface area contributed by atoms with Crippen LogP contribution >= 0.6 is 11.6 Å². The second-order valence-electron chi connectivity index (χ2n) is 6.07. The second-order valence-corrected chi connectivity index (χ2v) is 6.45. The number of benzene rings is 2. The van der Waals surface area contributed by atoms with E-state index in [1.807, 2.05) is 41.9 Å². The summed E-state index contributed by atoms with van der Waals surface area (Å²) < 4.78 is 18.4. The van der Waals surface area contributed by atoms with Gasteiger partial charge in [0.05, 0.1) is 32.0 Å². The fraction of sp³-hybridized carbons (Fsp3) is 0.286. The Morgan fingerprint density at radius 2 is 1.70 bits per heavy atom. The summed E-state index contributed by atoms with van der Waals surface area (Å²) in [4.78, 5) is 12.9. The van der Waals surface area contributed by atoms with Gasteiger partial charge in [-0.1, -0.05) is 0 Å². The Labute approximate surface area is 163 Å². The van der Waals surface area contributed by atoms with E-state index in [4.69, 9.17) is 25.8 Å². The molecule has 0 saturated carbocycles. The number of pyridine rings is 1. The Morgan fingerprint density at radius 1 is 1.00 bits per heavy atom. The maximum Gasteiger partial charge on any atom is 0.231 e. The quantitative estimate of drug-likeness (QED) is 0.449. The van der Waals surface area contributed by atoms with Crippen LogP contribution in [-0.2, 0) is 7.05 Å². The molecule has 0 bridgehead atoms. The molecular formula is C21H22ClNO4. The third-order valence-electron chi connectivity index (χ3n) is 4.45. The van der Waals surface area contributed by atoms with Gasteiger partial charge in [-0.05, 0) is 42.8 Å². The van der Waals surface area contributed by atoms with Crippen LogP contribution in [-0.4, -0.2) is 31.3 Å². The number of aromatic nitrogens is 1. The number of ether oxygens (including phenoxy) is 3. The molecule has 3 aromatic rings. The first-order chi connectivity index (χ1) is 13.1. The van der Waals surface area contributed by atoms with Gasteiger partial charge in [-0.2, -0.15) is 0 Å². The predicted octanol–water partition coefficient (Wildman–Crippen LogP) is 4.23. The van der Waals surface area contributed by atoms with E-state index in [2.05, 4.69) is 0 Å². The van der Waals surface area contributed by atoms with Crippen LogP contribution in [0.1, 0.15) is 6.42 Å². The smallest absolute Gasteiger partial charge is 0.231 e.